The van der Waals surface area contributed by atoms with E-state index >= 15 is 0 Å². The Morgan fingerprint density at radius 3 is 2.56 bits per heavy atom. The van der Waals surface area contributed by atoms with Crippen molar-refractivity contribution in [1.29, 1.82) is 0 Å². The molecule has 0 heterocycles. The molecule has 0 aromatic carbocycles. The number of esters is 1. The summed E-state index contributed by atoms with van der Waals surface area (Å²) in [6.45, 7) is 4.52. The van der Waals surface area contributed by atoms with E-state index in [0.29, 0.717) is 12.5 Å². The molecule has 2 N–H and O–H groups in total. The summed E-state index contributed by atoms with van der Waals surface area (Å²) in [4.78, 5) is 22.7. The van der Waals surface area contributed by atoms with Crippen molar-refractivity contribution in [3.8, 4) is 0 Å². The normalized spacial score (nSPS) is 17.9. The summed E-state index contributed by atoms with van der Waals surface area (Å²) in [5.74, 6) is -0.246. The van der Waals surface area contributed by atoms with Gasteiger partial charge in [0.05, 0.1) is 13.0 Å². The van der Waals surface area contributed by atoms with Crippen molar-refractivity contribution < 1.29 is 14.3 Å². The zero-order valence-electron chi connectivity index (χ0n) is 11.5. The minimum atomic E-state index is -0.207. The average molecular weight is 256 g/mol. The van der Waals surface area contributed by atoms with Crippen LogP contribution in [0.25, 0.3) is 0 Å². The maximum Gasteiger partial charge on any atom is 0.309 e. The Balaban J connectivity index is 2.05. The Bertz CT molecular complexity index is 290. The largest absolute Gasteiger partial charge is 0.469 e. The van der Waals surface area contributed by atoms with E-state index in [1.165, 1.54) is 7.11 Å². The van der Waals surface area contributed by atoms with Gasteiger partial charge < -0.3 is 15.4 Å². The molecule has 0 spiro atoms. The summed E-state index contributed by atoms with van der Waals surface area (Å²) in [6, 6.07) is 0.493. The Morgan fingerprint density at radius 2 is 2.00 bits per heavy atom. The van der Waals surface area contributed by atoms with Gasteiger partial charge in [-0.1, -0.05) is 6.92 Å². The third-order valence-corrected chi connectivity index (χ3v) is 3.31. The van der Waals surface area contributed by atoms with Gasteiger partial charge in [0.25, 0.3) is 0 Å². The molecule has 0 aromatic rings. The first-order valence-corrected chi connectivity index (χ1v) is 6.65. The molecule has 1 rings (SSSR count). The fourth-order valence-corrected chi connectivity index (χ4v) is 1.67. The van der Waals surface area contributed by atoms with Gasteiger partial charge in [0.1, 0.15) is 0 Å². The number of ether oxygens (including phenoxy) is 1. The van der Waals surface area contributed by atoms with Crippen molar-refractivity contribution in [1.82, 2.24) is 10.6 Å². The molecule has 1 fully saturated rings. The molecule has 5 nitrogen and oxygen atoms in total. The van der Waals surface area contributed by atoms with Gasteiger partial charge >= 0.3 is 5.97 Å². The molecule has 0 aliphatic heterocycles. The highest BCUT2D eigenvalue weighted by molar-refractivity contribution is 5.76. The third kappa shape index (κ3) is 5.49. The van der Waals surface area contributed by atoms with Crippen molar-refractivity contribution in [3.05, 3.63) is 0 Å². The molecule has 0 saturated heterocycles. The fourth-order valence-electron chi connectivity index (χ4n) is 1.67. The maximum absolute atomic E-state index is 11.4. The number of carbonyl (C=O) groups is 2. The molecule has 0 aromatic heterocycles. The lowest BCUT2D eigenvalue weighted by Gasteiger charge is -2.19. The molecule has 2 unspecified atom stereocenters. The Kier molecular flexibility index (Phi) is 6.12. The van der Waals surface area contributed by atoms with Crippen molar-refractivity contribution >= 4 is 11.9 Å². The van der Waals surface area contributed by atoms with E-state index in [2.05, 4.69) is 15.4 Å². The van der Waals surface area contributed by atoms with Crippen LogP contribution in [0, 0.1) is 5.92 Å². The predicted octanol–water partition coefficient (Wildman–Crippen LogP) is 0.832. The van der Waals surface area contributed by atoms with E-state index in [0.717, 1.165) is 25.8 Å². The molecular weight excluding hydrogens is 232 g/mol. The van der Waals surface area contributed by atoms with Crippen molar-refractivity contribution in [2.45, 2.75) is 51.6 Å². The third-order valence-electron chi connectivity index (χ3n) is 3.31. The van der Waals surface area contributed by atoms with Crippen LogP contribution in [-0.2, 0) is 14.3 Å². The predicted molar refractivity (Wildman–Crippen MR) is 69.0 cm³/mol. The lowest BCUT2D eigenvalue weighted by molar-refractivity contribution is -0.145. The standard InChI is InChI=1S/C13H24N2O3/c1-9(13(17)18-3)10(2)14-8-4-5-12(16)15-11-6-7-11/h9-11,14H,4-8H2,1-3H3,(H,15,16). The van der Waals surface area contributed by atoms with Crippen LogP contribution in [0.5, 0.6) is 0 Å². The number of methoxy groups -OCH3 is 1. The number of rotatable bonds is 8. The maximum atomic E-state index is 11.4. The summed E-state index contributed by atoms with van der Waals surface area (Å²) in [7, 11) is 1.40. The van der Waals surface area contributed by atoms with Gasteiger partial charge in [0, 0.05) is 18.5 Å². The highest BCUT2D eigenvalue weighted by Crippen LogP contribution is 2.18. The van der Waals surface area contributed by atoms with Gasteiger partial charge in [-0.3, -0.25) is 9.59 Å². The highest BCUT2D eigenvalue weighted by Gasteiger charge is 2.23. The van der Waals surface area contributed by atoms with E-state index in [9.17, 15) is 9.59 Å². The van der Waals surface area contributed by atoms with Crippen LogP contribution in [0.1, 0.15) is 39.5 Å². The molecule has 5 heteroatoms. The van der Waals surface area contributed by atoms with E-state index in [1.807, 2.05) is 13.8 Å². The smallest absolute Gasteiger partial charge is 0.309 e. The molecule has 0 radical (unpaired) electrons. The van der Waals surface area contributed by atoms with E-state index in [4.69, 9.17) is 0 Å². The van der Waals surface area contributed by atoms with Gasteiger partial charge in [-0.2, -0.15) is 0 Å². The number of hydrogen-bond acceptors (Lipinski definition) is 4. The van der Waals surface area contributed by atoms with Crippen LogP contribution in [-0.4, -0.2) is 37.6 Å². The summed E-state index contributed by atoms with van der Waals surface area (Å²) < 4.78 is 4.69. The molecule has 2 atom stereocenters. The summed E-state index contributed by atoms with van der Waals surface area (Å²) in [5, 5.41) is 6.19. The second kappa shape index (κ2) is 7.36. The van der Waals surface area contributed by atoms with Crippen LogP contribution < -0.4 is 10.6 Å². The van der Waals surface area contributed by atoms with Crippen LogP contribution >= 0.6 is 0 Å². The van der Waals surface area contributed by atoms with Gasteiger partial charge in [0.2, 0.25) is 5.91 Å². The van der Waals surface area contributed by atoms with Crippen molar-refractivity contribution in [3.63, 3.8) is 0 Å². The van der Waals surface area contributed by atoms with E-state index < -0.39 is 0 Å². The van der Waals surface area contributed by atoms with Crippen LogP contribution in [0.15, 0.2) is 0 Å². The SMILES string of the molecule is COC(=O)C(C)C(C)NCCCC(=O)NC1CC1. The summed E-state index contributed by atoms with van der Waals surface area (Å²) in [6.07, 6.45) is 3.58. The quantitative estimate of drug-likeness (QED) is 0.499. The molecule has 1 aliphatic rings. The lowest BCUT2D eigenvalue weighted by Crippen LogP contribution is -2.37. The Morgan fingerprint density at radius 1 is 1.33 bits per heavy atom. The topological polar surface area (TPSA) is 67.4 Å². The van der Waals surface area contributed by atoms with Gasteiger partial charge in [-0.05, 0) is 32.7 Å². The van der Waals surface area contributed by atoms with E-state index in [1.54, 1.807) is 0 Å². The minimum absolute atomic E-state index is 0.0592. The van der Waals surface area contributed by atoms with Crippen molar-refractivity contribution in [2.24, 2.45) is 5.92 Å². The monoisotopic (exact) mass is 256 g/mol. The zero-order chi connectivity index (χ0) is 13.5. The first-order chi connectivity index (χ1) is 8.54. The number of amides is 1. The van der Waals surface area contributed by atoms with Gasteiger partial charge in [0.15, 0.2) is 0 Å². The summed E-state index contributed by atoms with van der Waals surface area (Å²) in [5.41, 5.74) is 0. The molecular formula is C13H24N2O3. The van der Waals surface area contributed by atoms with Gasteiger partial charge in [-0.25, -0.2) is 0 Å². The zero-order valence-corrected chi connectivity index (χ0v) is 11.5. The van der Waals surface area contributed by atoms with Crippen LogP contribution in [0.3, 0.4) is 0 Å². The number of carbonyl (C=O) groups excluding carboxylic acids is 2. The minimum Gasteiger partial charge on any atom is -0.469 e. The Labute approximate surface area is 109 Å². The van der Waals surface area contributed by atoms with Crippen LogP contribution in [0.2, 0.25) is 0 Å². The van der Waals surface area contributed by atoms with E-state index in [-0.39, 0.29) is 23.8 Å². The van der Waals surface area contributed by atoms with Crippen LogP contribution in [0.4, 0.5) is 0 Å². The van der Waals surface area contributed by atoms with Gasteiger partial charge in [-0.15, -0.1) is 0 Å². The first kappa shape index (κ1) is 15.0. The first-order valence-electron chi connectivity index (χ1n) is 6.65. The molecule has 1 aliphatic carbocycles. The van der Waals surface area contributed by atoms with Crippen molar-refractivity contribution in [2.75, 3.05) is 13.7 Å². The highest BCUT2D eigenvalue weighted by atomic mass is 16.5. The number of hydrogen-bond donors (Lipinski definition) is 2. The average Bonchev–Trinajstić information content (AvgIpc) is 3.16. The molecule has 1 saturated carbocycles. The molecule has 0 bridgehead atoms. The second-order valence-corrected chi connectivity index (χ2v) is 5.00. The molecule has 104 valence electrons. The fraction of sp³-hybridized carbons (Fsp3) is 0.846. The Hall–Kier alpha value is -1.10. The number of nitrogens with one attached hydrogen (secondary N) is 2. The second-order valence-electron chi connectivity index (χ2n) is 5.00. The molecule has 18 heavy (non-hydrogen) atoms. The lowest BCUT2D eigenvalue weighted by atomic mass is 10.0. The summed E-state index contributed by atoms with van der Waals surface area (Å²) >= 11 is 0. The molecule has 1 amide bonds.